The summed E-state index contributed by atoms with van der Waals surface area (Å²) in [5.41, 5.74) is 16.7. The molecule has 4 aromatic carbocycles. The first kappa shape index (κ1) is 40.9. The van der Waals surface area contributed by atoms with Gasteiger partial charge in [0, 0.05) is 72.0 Å². The van der Waals surface area contributed by atoms with Gasteiger partial charge in [0.1, 0.15) is 6.10 Å². The quantitative estimate of drug-likeness (QED) is 0.159. The third kappa shape index (κ3) is 5.71. The van der Waals surface area contributed by atoms with Crippen LogP contribution in [0.15, 0.2) is 84.9 Å². The Bertz CT molecular complexity index is 2430. The molecular formula is C51H56Cl2N4O5. The fraction of sp³-hybridized carbons (Fsp3) is 0.490. The van der Waals surface area contributed by atoms with Crippen LogP contribution in [0.3, 0.4) is 0 Å². The Morgan fingerprint density at radius 2 is 1.15 bits per heavy atom. The first-order valence-electron chi connectivity index (χ1n) is 22.7. The number of amides is 1. The lowest BCUT2D eigenvalue weighted by atomic mass is 9.49. The predicted molar refractivity (Wildman–Crippen MR) is 240 cm³/mol. The number of carbonyl (C=O) groups is 2. The average Bonchev–Trinajstić information content (AvgIpc) is 3.88. The van der Waals surface area contributed by atoms with E-state index in [1.54, 1.807) is 14.2 Å². The van der Waals surface area contributed by atoms with Crippen LogP contribution in [-0.4, -0.2) is 100 Å². The number of fused-ring (bicyclic) bond motifs is 10. The number of nitrogens with zero attached hydrogens (tertiary/aromatic N) is 2. The van der Waals surface area contributed by atoms with E-state index in [1.807, 2.05) is 0 Å². The number of hydrogen-bond donors (Lipinski definition) is 2. The number of halogens is 2. The van der Waals surface area contributed by atoms with Crippen LogP contribution in [0.2, 0.25) is 10.0 Å². The Balaban J connectivity index is 1.09. The van der Waals surface area contributed by atoms with E-state index in [0.29, 0.717) is 18.3 Å². The second-order valence-electron chi connectivity index (χ2n) is 19.3. The zero-order valence-corrected chi connectivity index (χ0v) is 37.1. The van der Waals surface area contributed by atoms with Gasteiger partial charge in [0.2, 0.25) is 0 Å². The first-order valence-corrected chi connectivity index (χ1v) is 23.4. The summed E-state index contributed by atoms with van der Waals surface area (Å²) in [5.74, 6) is -0.868. The normalized spacial score (nSPS) is 37.1. The second-order valence-corrected chi connectivity index (χ2v) is 20.2. The van der Waals surface area contributed by atoms with Crippen LogP contribution in [0.25, 0.3) is 0 Å². The number of esters is 1. The van der Waals surface area contributed by atoms with E-state index in [1.165, 1.54) is 44.5 Å². The first-order chi connectivity index (χ1) is 30.1. The highest BCUT2D eigenvalue weighted by molar-refractivity contribution is 6.32. The minimum absolute atomic E-state index is 0.128. The number of carbonyl (C=O) groups excluding carboxylic acids is 2. The summed E-state index contributed by atoms with van der Waals surface area (Å²) in [7, 11) is 3.27. The third-order valence-electron chi connectivity index (χ3n) is 16.8. The summed E-state index contributed by atoms with van der Waals surface area (Å²) in [5, 5.41) is 4.32. The van der Waals surface area contributed by atoms with Crippen molar-refractivity contribution < 1.29 is 23.8 Å². The van der Waals surface area contributed by atoms with Crippen molar-refractivity contribution >= 4 is 35.1 Å². The summed E-state index contributed by atoms with van der Waals surface area (Å²) in [6, 6.07) is 32.4. The molecule has 62 heavy (non-hydrogen) atoms. The smallest absolute Gasteiger partial charge is 0.398 e. The number of methoxy groups -OCH3 is 2. The number of benzene rings is 4. The largest absolute Gasteiger partial charge is 0.437 e. The number of nitrogens with one attached hydrogen (secondary N) is 1. The van der Waals surface area contributed by atoms with Crippen LogP contribution >= 0.6 is 23.2 Å². The minimum Gasteiger partial charge on any atom is -0.437 e. The van der Waals surface area contributed by atoms with Gasteiger partial charge in [0.25, 0.3) is 0 Å². The highest BCUT2D eigenvalue weighted by Gasteiger charge is 2.84. The van der Waals surface area contributed by atoms with E-state index in [-0.39, 0.29) is 29.9 Å². The molecule has 0 radical (unpaired) electrons. The van der Waals surface area contributed by atoms with Gasteiger partial charge in [-0.05, 0) is 145 Å². The maximum absolute atomic E-state index is 13.0. The highest BCUT2D eigenvalue weighted by Crippen LogP contribution is 2.87. The zero-order chi connectivity index (χ0) is 42.5. The van der Waals surface area contributed by atoms with Crippen LogP contribution in [0, 0.1) is 17.3 Å². The molecule has 8 bridgehead atoms. The van der Waals surface area contributed by atoms with Gasteiger partial charge in [-0.2, -0.15) is 0 Å². The molecule has 9 aliphatic rings. The molecule has 0 aromatic heterocycles. The number of rotatable bonds is 2. The van der Waals surface area contributed by atoms with Crippen molar-refractivity contribution in [3.63, 3.8) is 0 Å². The number of hydrogen-bond acceptors (Lipinski definition) is 8. The van der Waals surface area contributed by atoms with Crippen molar-refractivity contribution in [2.45, 2.75) is 79.6 Å². The van der Waals surface area contributed by atoms with Gasteiger partial charge in [-0.1, -0.05) is 83.9 Å². The van der Waals surface area contributed by atoms with E-state index in [2.05, 4.69) is 100 Å². The summed E-state index contributed by atoms with van der Waals surface area (Å²) in [6.45, 7) is 5.62. The Hall–Kier alpha value is -3.80. The summed E-state index contributed by atoms with van der Waals surface area (Å²) in [6.07, 6.45) is 3.41. The fourth-order valence-corrected chi connectivity index (χ4v) is 14.8. The van der Waals surface area contributed by atoms with Gasteiger partial charge < -0.3 is 29.3 Å². The Morgan fingerprint density at radius 1 is 0.661 bits per heavy atom. The van der Waals surface area contributed by atoms with Crippen molar-refractivity contribution in [3.8, 4) is 0 Å². The lowest BCUT2D eigenvalue weighted by Crippen LogP contribution is -2.61. The predicted octanol–water partition coefficient (Wildman–Crippen LogP) is 7.36. The molecule has 11 heteroatoms. The van der Waals surface area contributed by atoms with Crippen LogP contribution in [0.5, 0.6) is 0 Å². The number of nitrogens with two attached hydrogens (primary N) is 1. The Labute approximate surface area is 374 Å². The van der Waals surface area contributed by atoms with Gasteiger partial charge in [-0.25, -0.2) is 4.79 Å². The molecule has 5 saturated heterocycles. The van der Waals surface area contributed by atoms with Gasteiger partial charge in [0.15, 0.2) is 6.23 Å². The molecule has 9 nitrogen and oxygen atoms in total. The molecule has 5 heterocycles. The molecule has 5 fully saturated rings. The van der Waals surface area contributed by atoms with E-state index in [4.69, 9.17) is 43.1 Å². The van der Waals surface area contributed by atoms with Gasteiger partial charge in [-0.3, -0.25) is 10.5 Å². The van der Waals surface area contributed by atoms with Crippen LogP contribution in [0.4, 0.5) is 0 Å². The van der Waals surface area contributed by atoms with Gasteiger partial charge in [-0.15, -0.1) is 0 Å². The molecule has 8 atom stereocenters. The molecule has 324 valence electrons. The van der Waals surface area contributed by atoms with Crippen molar-refractivity contribution in [2.24, 2.45) is 23.0 Å². The monoisotopic (exact) mass is 874 g/mol. The maximum Gasteiger partial charge on any atom is 0.398 e. The standard InChI is InChI=1S/C51H56Cl2N4O5/c1-60-34-23-30-15-19-56(20-16-30)28-49-39-9-5-3-7-35(39)44(37-13-11-32(52)25-41(37)49)51(49)45-36-8-4-6-10-40(36)50(51,42-26-33(53)12-14-38(42)45)29-57-21-17-31(18-22-57)24-43(61-2)46(54)62-48(59)47(58)55-27-34/h3-14,25-26,30-31,34,43-46H,15-24,27-29,54H2,1-2H3,(H,55,58). The van der Waals surface area contributed by atoms with Crippen molar-refractivity contribution in [3.05, 3.63) is 139 Å². The molecule has 1 spiro atoms. The van der Waals surface area contributed by atoms with Crippen molar-refractivity contribution in [1.82, 2.24) is 15.1 Å². The summed E-state index contributed by atoms with van der Waals surface area (Å²) >= 11 is 14.3. The second kappa shape index (κ2) is 15.4. The van der Waals surface area contributed by atoms with Gasteiger partial charge in [0.05, 0.1) is 6.10 Å². The molecule has 4 aliphatic carbocycles. The highest BCUT2D eigenvalue weighted by atomic mass is 35.5. The Kier molecular flexibility index (Phi) is 10.2. The molecule has 4 aromatic rings. The lowest BCUT2D eigenvalue weighted by Gasteiger charge is -2.55. The Morgan fingerprint density at radius 3 is 1.65 bits per heavy atom. The number of piperidine rings is 2. The average molecular weight is 876 g/mol. The molecule has 1 amide bonds. The fourth-order valence-electron chi connectivity index (χ4n) is 14.5. The molecule has 8 unspecified atom stereocenters. The van der Waals surface area contributed by atoms with E-state index >= 15 is 0 Å². The van der Waals surface area contributed by atoms with E-state index in [9.17, 15) is 9.59 Å². The third-order valence-corrected chi connectivity index (χ3v) is 17.2. The molecule has 0 saturated carbocycles. The van der Waals surface area contributed by atoms with Crippen molar-refractivity contribution in [1.29, 1.82) is 0 Å². The van der Waals surface area contributed by atoms with Crippen molar-refractivity contribution in [2.75, 3.05) is 60.0 Å². The molecule has 3 N–H and O–H groups in total. The van der Waals surface area contributed by atoms with Crippen LogP contribution in [0.1, 0.15) is 94.9 Å². The zero-order valence-electron chi connectivity index (χ0n) is 35.6. The van der Waals surface area contributed by atoms with Crippen LogP contribution in [-0.2, 0) is 34.6 Å². The summed E-state index contributed by atoms with van der Waals surface area (Å²) < 4.78 is 17.3. The van der Waals surface area contributed by atoms with E-state index < -0.39 is 35.0 Å². The molecule has 13 rings (SSSR count). The molecule has 5 aliphatic heterocycles. The maximum atomic E-state index is 13.0. The number of ether oxygens (including phenoxy) is 3. The lowest BCUT2D eigenvalue weighted by molar-refractivity contribution is -0.164. The summed E-state index contributed by atoms with van der Waals surface area (Å²) in [4.78, 5) is 31.4. The SMILES string of the molecule is COC1CNC(=O)C(=O)OC(N)C(OC)CC2CCN(CC2)CC23c4ccccc4C(c4ccc(Cl)cc42)C32C3c4ccccc4C2(CN2CCC(CC2)C1)c1cc(Cl)ccc13. The topological polar surface area (TPSA) is 106 Å². The van der Waals surface area contributed by atoms with E-state index in [0.717, 1.165) is 81.4 Å². The molecular weight excluding hydrogens is 819 g/mol. The van der Waals surface area contributed by atoms with Gasteiger partial charge >= 0.3 is 11.9 Å². The minimum atomic E-state index is -1.07. The van der Waals surface area contributed by atoms with Crippen LogP contribution < -0.4 is 11.1 Å².